The summed E-state index contributed by atoms with van der Waals surface area (Å²) in [5.74, 6) is 0.286. The Morgan fingerprint density at radius 2 is 2.23 bits per heavy atom. The molecule has 0 bridgehead atoms. The van der Waals surface area contributed by atoms with Gasteiger partial charge in [-0.25, -0.2) is 4.39 Å². The maximum atomic E-state index is 13.3. The number of hydrogen-bond acceptors (Lipinski definition) is 1. The summed E-state index contributed by atoms with van der Waals surface area (Å²) in [5.41, 5.74) is 1.16. The van der Waals surface area contributed by atoms with Gasteiger partial charge in [0.1, 0.15) is 11.6 Å². The molecular weight excluding hydrogens is 167 g/mol. The first-order valence-corrected chi connectivity index (χ1v) is 4.24. The van der Waals surface area contributed by atoms with Crippen molar-refractivity contribution in [1.29, 1.82) is 0 Å². The second-order valence-corrected chi connectivity index (χ2v) is 2.83. The van der Waals surface area contributed by atoms with Crippen molar-refractivity contribution in [2.75, 3.05) is 6.61 Å². The maximum Gasteiger partial charge on any atom is 0.134 e. The molecule has 1 nitrogen and oxygen atoms in total. The predicted octanol–water partition coefficient (Wildman–Crippen LogP) is 3.26. The van der Waals surface area contributed by atoms with E-state index >= 15 is 0 Å². The number of benzene rings is 1. The lowest BCUT2D eigenvalue weighted by Gasteiger charge is -2.10. The molecule has 0 unspecified atom stereocenters. The number of rotatable bonds is 3. The van der Waals surface area contributed by atoms with E-state index in [1.54, 1.807) is 19.1 Å². The minimum Gasteiger partial charge on any atom is -0.493 e. The van der Waals surface area contributed by atoms with Crippen molar-refractivity contribution in [3.8, 4) is 5.75 Å². The molecule has 1 aromatic carbocycles. The Bertz CT molecular complexity index is 318. The van der Waals surface area contributed by atoms with Gasteiger partial charge < -0.3 is 4.74 Å². The van der Waals surface area contributed by atoms with Crippen LogP contribution in [0.25, 0.3) is 5.57 Å². The summed E-state index contributed by atoms with van der Waals surface area (Å²) in [6.45, 7) is 7.87. The van der Waals surface area contributed by atoms with Crippen LogP contribution in [0, 0.1) is 5.82 Å². The summed E-state index contributed by atoms with van der Waals surface area (Å²) in [4.78, 5) is 0. The van der Waals surface area contributed by atoms with Gasteiger partial charge in [0, 0.05) is 0 Å². The second kappa shape index (κ2) is 4.08. The summed E-state index contributed by atoms with van der Waals surface area (Å²) in [6, 6.07) is 4.79. The molecule has 0 fully saturated rings. The molecule has 0 radical (unpaired) electrons. The van der Waals surface area contributed by atoms with Gasteiger partial charge in [-0.15, -0.1) is 0 Å². The molecule has 0 aliphatic rings. The van der Waals surface area contributed by atoms with Crippen molar-refractivity contribution < 1.29 is 9.13 Å². The molecule has 0 saturated carbocycles. The minimum atomic E-state index is -0.279. The van der Waals surface area contributed by atoms with Gasteiger partial charge in [-0.2, -0.15) is 0 Å². The van der Waals surface area contributed by atoms with E-state index in [1.165, 1.54) is 6.07 Å². The number of allylic oxidation sites excluding steroid dienone is 1. The fourth-order valence-corrected chi connectivity index (χ4v) is 1.19. The topological polar surface area (TPSA) is 9.23 Å². The Morgan fingerprint density at radius 1 is 1.54 bits per heavy atom. The van der Waals surface area contributed by atoms with Crippen LogP contribution in [0.3, 0.4) is 0 Å². The molecule has 1 rings (SSSR count). The monoisotopic (exact) mass is 180 g/mol. The van der Waals surface area contributed by atoms with Gasteiger partial charge in [0.25, 0.3) is 0 Å². The van der Waals surface area contributed by atoms with Crippen LogP contribution in [-0.2, 0) is 0 Å². The second-order valence-electron chi connectivity index (χ2n) is 2.83. The van der Waals surface area contributed by atoms with E-state index in [9.17, 15) is 4.39 Å². The Kier molecular flexibility index (Phi) is 3.07. The number of hydrogen-bond donors (Lipinski definition) is 0. The van der Waals surface area contributed by atoms with Crippen molar-refractivity contribution in [2.45, 2.75) is 13.8 Å². The van der Waals surface area contributed by atoms with Crippen LogP contribution in [0.1, 0.15) is 19.4 Å². The van der Waals surface area contributed by atoms with Gasteiger partial charge >= 0.3 is 0 Å². The Balaban J connectivity index is 3.17. The first-order valence-electron chi connectivity index (χ1n) is 4.24. The smallest absolute Gasteiger partial charge is 0.134 e. The SMILES string of the molecule is C=C(C)c1c(F)cccc1OCC. The van der Waals surface area contributed by atoms with Gasteiger partial charge in [-0.1, -0.05) is 12.6 Å². The zero-order valence-corrected chi connectivity index (χ0v) is 7.93. The zero-order valence-electron chi connectivity index (χ0n) is 7.93. The van der Waals surface area contributed by atoms with Crippen LogP contribution in [0.15, 0.2) is 24.8 Å². The van der Waals surface area contributed by atoms with Gasteiger partial charge in [0.05, 0.1) is 12.2 Å². The number of ether oxygens (including phenoxy) is 1. The highest BCUT2D eigenvalue weighted by Gasteiger charge is 2.08. The molecule has 13 heavy (non-hydrogen) atoms. The molecule has 2 heteroatoms. The summed E-state index contributed by atoms with van der Waals surface area (Å²) in [7, 11) is 0. The fraction of sp³-hybridized carbons (Fsp3) is 0.273. The first-order chi connectivity index (χ1) is 6.16. The third-order valence-corrected chi connectivity index (χ3v) is 1.70. The molecule has 1 aromatic rings. The van der Waals surface area contributed by atoms with Crippen LogP contribution in [0.4, 0.5) is 4.39 Å². The average molecular weight is 180 g/mol. The quantitative estimate of drug-likeness (QED) is 0.693. The van der Waals surface area contributed by atoms with Crippen molar-refractivity contribution in [3.63, 3.8) is 0 Å². The van der Waals surface area contributed by atoms with E-state index in [2.05, 4.69) is 6.58 Å². The van der Waals surface area contributed by atoms with E-state index in [0.29, 0.717) is 23.5 Å². The van der Waals surface area contributed by atoms with Crippen LogP contribution >= 0.6 is 0 Å². The Labute approximate surface area is 77.8 Å². The highest BCUT2D eigenvalue weighted by Crippen LogP contribution is 2.27. The molecule has 0 aliphatic heterocycles. The first kappa shape index (κ1) is 9.78. The van der Waals surface area contributed by atoms with E-state index in [0.717, 1.165) is 0 Å². The minimum absolute atomic E-state index is 0.279. The predicted molar refractivity (Wildman–Crippen MR) is 52.3 cm³/mol. The molecule has 0 N–H and O–H groups in total. The maximum absolute atomic E-state index is 13.3. The van der Waals surface area contributed by atoms with Gasteiger partial charge in [0.2, 0.25) is 0 Å². The highest BCUT2D eigenvalue weighted by atomic mass is 19.1. The van der Waals surface area contributed by atoms with Crippen LogP contribution in [0.5, 0.6) is 5.75 Å². The van der Waals surface area contributed by atoms with Gasteiger partial charge in [0.15, 0.2) is 0 Å². The average Bonchev–Trinajstić information content (AvgIpc) is 2.04. The lowest BCUT2D eigenvalue weighted by molar-refractivity contribution is 0.337. The third kappa shape index (κ3) is 2.08. The molecule has 0 heterocycles. The summed E-state index contributed by atoms with van der Waals surface area (Å²) >= 11 is 0. The van der Waals surface area contributed by atoms with Crippen LogP contribution < -0.4 is 4.74 Å². The van der Waals surface area contributed by atoms with E-state index in [1.807, 2.05) is 6.92 Å². The normalized spacial score (nSPS) is 9.77. The van der Waals surface area contributed by atoms with Crippen LogP contribution in [-0.4, -0.2) is 6.61 Å². The van der Waals surface area contributed by atoms with Gasteiger partial charge in [-0.05, 0) is 31.6 Å². The lowest BCUT2D eigenvalue weighted by atomic mass is 10.1. The van der Waals surface area contributed by atoms with E-state index in [4.69, 9.17) is 4.74 Å². The highest BCUT2D eigenvalue weighted by molar-refractivity contribution is 5.67. The molecule has 0 spiro atoms. The molecule has 0 saturated heterocycles. The van der Waals surface area contributed by atoms with E-state index in [-0.39, 0.29) is 5.82 Å². The Hall–Kier alpha value is -1.31. The molecule has 0 amide bonds. The van der Waals surface area contributed by atoms with Gasteiger partial charge in [-0.3, -0.25) is 0 Å². The lowest BCUT2D eigenvalue weighted by Crippen LogP contribution is -1.97. The van der Waals surface area contributed by atoms with Crippen molar-refractivity contribution in [2.24, 2.45) is 0 Å². The molecular formula is C11H13FO. The molecule has 0 aliphatic carbocycles. The summed E-state index contributed by atoms with van der Waals surface area (Å²) in [5, 5.41) is 0. The largest absolute Gasteiger partial charge is 0.493 e. The fourth-order valence-electron chi connectivity index (χ4n) is 1.19. The summed E-state index contributed by atoms with van der Waals surface area (Å²) < 4.78 is 18.6. The third-order valence-electron chi connectivity index (χ3n) is 1.70. The van der Waals surface area contributed by atoms with Crippen molar-refractivity contribution in [1.82, 2.24) is 0 Å². The molecule has 0 atom stereocenters. The number of halogens is 1. The molecule has 70 valence electrons. The standard InChI is InChI=1S/C11H13FO/c1-4-13-10-7-5-6-9(12)11(10)8(2)3/h5-7H,2,4H2,1,3H3. The zero-order chi connectivity index (χ0) is 9.84. The van der Waals surface area contributed by atoms with E-state index < -0.39 is 0 Å². The Morgan fingerprint density at radius 3 is 2.77 bits per heavy atom. The van der Waals surface area contributed by atoms with Crippen molar-refractivity contribution in [3.05, 3.63) is 36.2 Å². The molecule has 0 aromatic heterocycles. The van der Waals surface area contributed by atoms with Crippen molar-refractivity contribution >= 4 is 5.57 Å². The van der Waals surface area contributed by atoms with Crippen LogP contribution in [0.2, 0.25) is 0 Å². The summed E-state index contributed by atoms with van der Waals surface area (Å²) in [6.07, 6.45) is 0.